The van der Waals surface area contributed by atoms with Crippen molar-refractivity contribution in [2.45, 2.75) is 6.92 Å². The lowest BCUT2D eigenvalue weighted by Crippen LogP contribution is -1.91. The Morgan fingerprint density at radius 1 is 1.64 bits per heavy atom. The minimum absolute atomic E-state index is 0.669. The van der Waals surface area contributed by atoms with Gasteiger partial charge in [0.1, 0.15) is 5.75 Å². The highest BCUT2D eigenvalue weighted by Gasteiger charge is 1.91. The molecule has 0 radical (unpaired) electrons. The molecule has 2 nitrogen and oxygen atoms in total. The van der Waals surface area contributed by atoms with Gasteiger partial charge in [-0.3, -0.25) is 4.98 Å². The molecular formula is C9H11NO. The van der Waals surface area contributed by atoms with E-state index in [9.17, 15) is 0 Å². The van der Waals surface area contributed by atoms with Gasteiger partial charge in [-0.15, -0.1) is 0 Å². The molecule has 0 aliphatic heterocycles. The predicted molar refractivity (Wildman–Crippen MR) is 45.5 cm³/mol. The summed E-state index contributed by atoms with van der Waals surface area (Å²) in [4.78, 5) is 3.98. The average Bonchev–Trinajstić information content (AvgIpc) is 2.06. The molecule has 0 spiro atoms. The summed E-state index contributed by atoms with van der Waals surface area (Å²) in [5.74, 6) is 0.796. The van der Waals surface area contributed by atoms with Crippen LogP contribution >= 0.6 is 0 Å². The lowest BCUT2D eigenvalue weighted by Gasteiger charge is -2.01. The van der Waals surface area contributed by atoms with E-state index < -0.39 is 0 Å². The van der Waals surface area contributed by atoms with Crippen LogP contribution in [0.25, 0.3) is 6.08 Å². The zero-order valence-electron chi connectivity index (χ0n) is 6.58. The lowest BCUT2D eigenvalue weighted by molar-refractivity contribution is 0.339. The van der Waals surface area contributed by atoms with Crippen molar-refractivity contribution in [3.05, 3.63) is 30.6 Å². The van der Waals surface area contributed by atoms with Crippen LogP contribution in [0.15, 0.2) is 25.0 Å². The van der Waals surface area contributed by atoms with E-state index in [0.717, 1.165) is 11.3 Å². The maximum absolute atomic E-state index is 5.24. The van der Waals surface area contributed by atoms with E-state index in [1.165, 1.54) is 0 Å². The summed E-state index contributed by atoms with van der Waals surface area (Å²) >= 11 is 0. The zero-order valence-corrected chi connectivity index (χ0v) is 6.58. The van der Waals surface area contributed by atoms with Gasteiger partial charge in [0.2, 0.25) is 0 Å². The van der Waals surface area contributed by atoms with E-state index in [2.05, 4.69) is 11.6 Å². The van der Waals surface area contributed by atoms with Gasteiger partial charge in [0.05, 0.1) is 12.8 Å². The zero-order chi connectivity index (χ0) is 8.10. The van der Waals surface area contributed by atoms with Gasteiger partial charge in [0.15, 0.2) is 0 Å². The van der Waals surface area contributed by atoms with Crippen LogP contribution in [-0.2, 0) is 0 Å². The van der Waals surface area contributed by atoms with Crippen molar-refractivity contribution in [1.82, 2.24) is 4.98 Å². The molecule has 0 saturated carbocycles. The number of pyridine rings is 1. The molecule has 1 aromatic heterocycles. The molecule has 0 atom stereocenters. The smallest absolute Gasteiger partial charge is 0.138 e. The summed E-state index contributed by atoms with van der Waals surface area (Å²) in [6, 6.07) is 1.91. The average molecular weight is 149 g/mol. The second-order valence-corrected chi connectivity index (χ2v) is 2.09. The Balaban J connectivity index is 2.82. The molecule has 0 N–H and O–H groups in total. The molecule has 1 heterocycles. The molecule has 58 valence electrons. The SMILES string of the molecule is C=Cc1cncc(OCC)c1. The fourth-order valence-electron chi connectivity index (χ4n) is 0.793. The van der Waals surface area contributed by atoms with Crippen LogP contribution in [0, 0.1) is 0 Å². The highest BCUT2D eigenvalue weighted by atomic mass is 16.5. The number of rotatable bonds is 3. The van der Waals surface area contributed by atoms with E-state index in [4.69, 9.17) is 4.74 Å². The van der Waals surface area contributed by atoms with Gasteiger partial charge in [-0.05, 0) is 18.6 Å². The second kappa shape index (κ2) is 3.76. The Hall–Kier alpha value is -1.31. The maximum atomic E-state index is 5.24. The van der Waals surface area contributed by atoms with E-state index in [1.54, 1.807) is 18.5 Å². The Morgan fingerprint density at radius 3 is 3.09 bits per heavy atom. The van der Waals surface area contributed by atoms with Gasteiger partial charge < -0.3 is 4.74 Å². The van der Waals surface area contributed by atoms with Crippen LogP contribution in [0.1, 0.15) is 12.5 Å². The van der Waals surface area contributed by atoms with Crippen LogP contribution in [0.2, 0.25) is 0 Å². The van der Waals surface area contributed by atoms with Gasteiger partial charge in [-0.2, -0.15) is 0 Å². The van der Waals surface area contributed by atoms with Crippen molar-refractivity contribution in [1.29, 1.82) is 0 Å². The fourth-order valence-corrected chi connectivity index (χ4v) is 0.793. The Morgan fingerprint density at radius 2 is 2.45 bits per heavy atom. The standard InChI is InChI=1S/C9H11NO/c1-3-8-5-9(11-4-2)7-10-6-8/h3,5-7H,1,4H2,2H3. The van der Waals surface area contributed by atoms with E-state index in [-0.39, 0.29) is 0 Å². The van der Waals surface area contributed by atoms with Crippen LogP contribution in [0.4, 0.5) is 0 Å². The van der Waals surface area contributed by atoms with Crippen LogP contribution in [0.5, 0.6) is 5.75 Å². The minimum Gasteiger partial charge on any atom is -0.492 e. The molecule has 1 rings (SSSR count). The quantitative estimate of drug-likeness (QED) is 0.656. The largest absolute Gasteiger partial charge is 0.492 e. The molecule has 0 saturated heterocycles. The summed E-state index contributed by atoms with van der Waals surface area (Å²) in [5.41, 5.74) is 0.982. The van der Waals surface area contributed by atoms with Gasteiger partial charge in [0.25, 0.3) is 0 Å². The van der Waals surface area contributed by atoms with E-state index in [1.807, 2.05) is 13.0 Å². The number of hydrogen-bond donors (Lipinski definition) is 0. The molecule has 11 heavy (non-hydrogen) atoms. The van der Waals surface area contributed by atoms with E-state index >= 15 is 0 Å². The van der Waals surface area contributed by atoms with Crippen molar-refractivity contribution < 1.29 is 4.74 Å². The molecule has 2 heteroatoms. The van der Waals surface area contributed by atoms with Crippen LogP contribution in [0.3, 0.4) is 0 Å². The fraction of sp³-hybridized carbons (Fsp3) is 0.222. The number of ether oxygens (including phenoxy) is 1. The molecular weight excluding hydrogens is 138 g/mol. The number of hydrogen-bond acceptors (Lipinski definition) is 2. The van der Waals surface area contributed by atoms with E-state index in [0.29, 0.717) is 6.61 Å². The summed E-state index contributed by atoms with van der Waals surface area (Å²) in [5, 5.41) is 0. The van der Waals surface area contributed by atoms with Crippen molar-refractivity contribution in [3.8, 4) is 5.75 Å². The molecule has 1 aromatic rings. The highest BCUT2D eigenvalue weighted by molar-refractivity contribution is 5.47. The number of nitrogens with zero attached hydrogens (tertiary/aromatic N) is 1. The molecule has 0 aliphatic carbocycles. The predicted octanol–water partition coefficient (Wildman–Crippen LogP) is 2.12. The van der Waals surface area contributed by atoms with Crippen molar-refractivity contribution in [2.24, 2.45) is 0 Å². The Labute approximate surface area is 66.5 Å². The summed E-state index contributed by atoms with van der Waals surface area (Å²) in [6.07, 6.45) is 5.18. The van der Waals surface area contributed by atoms with Crippen molar-refractivity contribution >= 4 is 6.08 Å². The summed E-state index contributed by atoms with van der Waals surface area (Å²) in [6.45, 7) is 6.25. The van der Waals surface area contributed by atoms with Crippen LogP contribution < -0.4 is 4.74 Å². The molecule has 0 bridgehead atoms. The normalized spacial score (nSPS) is 9.18. The first kappa shape index (κ1) is 7.79. The monoisotopic (exact) mass is 149 g/mol. The third-order valence-corrected chi connectivity index (χ3v) is 1.28. The third-order valence-electron chi connectivity index (χ3n) is 1.28. The molecule has 0 amide bonds. The summed E-state index contributed by atoms with van der Waals surface area (Å²) < 4.78 is 5.24. The Kier molecular flexibility index (Phi) is 2.66. The molecule has 0 unspecified atom stereocenters. The van der Waals surface area contributed by atoms with Crippen molar-refractivity contribution in [2.75, 3.05) is 6.61 Å². The summed E-state index contributed by atoms with van der Waals surface area (Å²) in [7, 11) is 0. The lowest BCUT2D eigenvalue weighted by atomic mass is 10.3. The maximum Gasteiger partial charge on any atom is 0.138 e. The first-order valence-corrected chi connectivity index (χ1v) is 3.57. The third kappa shape index (κ3) is 2.08. The first-order valence-electron chi connectivity index (χ1n) is 3.57. The molecule has 0 fully saturated rings. The van der Waals surface area contributed by atoms with Gasteiger partial charge in [0, 0.05) is 6.20 Å². The minimum atomic E-state index is 0.669. The van der Waals surface area contributed by atoms with Gasteiger partial charge in [-0.25, -0.2) is 0 Å². The second-order valence-electron chi connectivity index (χ2n) is 2.09. The van der Waals surface area contributed by atoms with Crippen molar-refractivity contribution in [3.63, 3.8) is 0 Å². The molecule has 0 aromatic carbocycles. The van der Waals surface area contributed by atoms with Crippen LogP contribution in [-0.4, -0.2) is 11.6 Å². The topological polar surface area (TPSA) is 22.1 Å². The first-order chi connectivity index (χ1) is 5.36. The van der Waals surface area contributed by atoms with Gasteiger partial charge >= 0.3 is 0 Å². The number of aromatic nitrogens is 1. The highest BCUT2D eigenvalue weighted by Crippen LogP contribution is 2.11. The Bertz CT molecular complexity index is 245. The molecule has 0 aliphatic rings. The van der Waals surface area contributed by atoms with Gasteiger partial charge in [-0.1, -0.05) is 12.7 Å².